The van der Waals surface area contributed by atoms with Gasteiger partial charge in [0.15, 0.2) is 0 Å². The molecule has 3 rings (SSSR count). The fraction of sp³-hybridized carbons (Fsp3) is 0.875. The van der Waals surface area contributed by atoms with Crippen LogP contribution in [0, 0.1) is 11.8 Å². The Kier molecular flexibility index (Phi) is 4.41. The molecule has 0 aromatic heterocycles. The zero-order valence-corrected chi connectivity index (χ0v) is 13.1. The summed E-state index contributed by atoms with van der Waals surface area (Å²) >= 11 is 0. The SMILES string of the molecule is CC1CN(C(=O)C2CCCC(C(=O)O)C2)CC2(CCOC2)O1. The molecule has 22 heavy (non-hydrogen) atoms. The van der Waals surface area contributed by atoms with Crippen molar-refractivity contribution < 1.29 is 24.2 Å². The van der Waals surface area contributed by atoms with Crippen LogP contribution in [0.1, 0.15) is 39.0 Å². The van der Waals surface area contributed by atoms with Crippen LogP contribution in [-0.2, 0) is 19.1 Å². The maximum Gasteiger partial charge on any atom is 0.306 e. The summed E-state index contributed by atoms with van der Waals surface area (Å²) < 4.78 is 11.5. The summed E-state index contributed by atoms with van der Waals surface area (Å²) in [5.74, 6) is -1.19. The first-order valence-electron chi connectivity index (χ1n) is 8.26. The Bertz CT molecular complexity index is 446. The number of carbonyl (C=O) groups is 2. The van der Waals surface area contributed by atoms with Crippen LogP contribution < -0.4 is 0 Å². The number of aliphatic carboxylic acids is 1. The molecule has 1 spiro atoms. The number of carboxylic acids is 1. The summed E-state index contributed by atoms with van der Waals surface area (Å²) in [5.41, 5.74) is -0.353. The molecule has 6 nitrogen and oxygen atoms in total. The molecule has 6 heteroatoms. The molecule has 3 aliphatic rings. The number of carbonyl (C=O) groups excluding carboxylic acids is 1. The van der Waals surface area contributed by atoms with Crippen LogP contribution in [0.25, 0.3) is 0 Å². The van der Waals surface area contributed by atoms with Crippen LogP contribution in [0.15, 0.2) is 0 Å². The van der Waals surface area contributed by atoms with Gasteiger partial charge in [0.25, 0.3) is 0 Å². The number of hydrogen-bond donors (Lipinski definition) is 1. The zero-order valence-electron chi connectivity index (χ0n) is 13.1. The van der Waals surface area contributed by atoms with E-state index in [1.807, 2.05) is 11.8 Å². The Hall–Kier alpha value is -1.14. The third-order valence-electron chi connectivity index (χ3n) is 5.16. The number of carboxylic acid groups (broad SMARTS) is 1. The molecule has 0 aromatic carbocycles. The summed E-state index contributed by atoms with van der Waals surface area (Å²) in [4.78, 5) is 25.9. The molecule has 3 fully saturated rings. The van der Waals surface area contributed by atoms with Crippen LogP contribution in [0.5, 0.6) is 0 Å². The number of morpholine rings is 1. The fourth-order valence-corrected chi connectivity index (χ4v) is 4.09. The standard InChI is InChI=1S/C16H25NO5/c1-11-8-17(9-16(22-11)5-6-21-10-16)14(18)12-3-2-4-13(7-12)15(19)20/h11-13H,2-10H2,1H3,(H,19,20). The largest absolute Gasteiger partial charge is 0.481 e. The van der Waals surface area contributed by atoms with Gasteiger partial charge in [0, 0.05) is 25.5 Å². The number of ether oxygens (including phenoxy) is 2. The first kappa shape index (κ1) is 15.7. The van der Waals surface area contributed by atoms with Crippen molar-refractivity contribution in [2.45, 2.75) is 50.7 Å². The molecule has 0 bridgehead atoms. The molecule has 4 unspecified atom stereocenters. The second-order valence-corrected chi connectivity index (χ2v) is 7.03. The van der Waals surface area contributed by atoms with Crippen molar-refractivity contribution in [1.29, 1.82) is 0 Å². The van der Waals surface area contributed by atoms with Crippen molar-refractivity contribution in [3.63, 3.8) is 0 Å². The first-order valence-corrected chi connectivity index (χ1v) is 8.26. The normalized spacial score (nSPS) is 39.1. The quantitative estimate of drug-likeness (QED) is 0.831. The number of nitrogens with zero attached hydrogens (tertiary/aromatic N) is 1. The van der Waals surface area contributed by atoms with E-state index in [0.29, 0.717) is 39.1 Å². The maximum absolute atomic E-state index is 12.8. The fourth-order valence-electron chi connectivity index (χ4n) is 4.09. The smallest absolute Gasteiger partial charge is 0.306 e. The lowest BCUT2D eigenvalue weighted by atomic mass is 9.80. The highest BCUT2D eigenvalue weighted by Crippen LogP contribution is 2.34. The number of amides is 1. The van der Waals surface area contributed by atoms with E-state index in [4.69, 9.17) is 9.47 Å². The topological polar surface area (TPSA) is 76.1 Å². The van der Waals surface area contributed by atoms with Crippen molar-refractivity contribution in [3.8, 4) is 0 Å². The summed E-state index contributed by atoms with van der Waals surface area (Å²) in [7, 11) is 0. The summed E-state index contributed by atoms with van der Waals surface area (Å²) in [6.07, 6.45) is 3.61. The Balaban J connectivity index is 1.67. The van der Waals surface area contributed by atoms with Gasteiger partial charge in [-0.3, -0.25) is 9.59 Å². The monoisotopic (exact) mass is 311 g/mol. The van der Waals surface area contributed by atoms with Crippen LogP contribution in [-0.4, -0.2) is 59.9 Å². The van der Waals surface area contributed by atoms with Crippen LogP contribution in [0.4, 0.5) is 0 Å². The molecule has 1 saturated carbocycles. The molecular weight excluding hydrogens is 286 g/mol. The molecule has 2 heterocycles. The highest BCUT2D eigenvalue weighted by molar-refractivity contribution is 5.80. The van der Waals surface area contributed by atoms with Gasteiger partial charge >= 0.3 is 5.97 Å². The molecule has 0 radical (unpaired) electrons. The summed E-state index contributed by atoms with van der Waals surface area (Å²) in [6, 6.07) is 0. The van der Waals surface area contributed by atoms with E-state index in [1.54, 1.807) is 0 Å². The van der Waals surface area contributed by atoms with Crippen LogP contribution >= 0.6 is 0 Å². The lowest BCUT2D eigenvalue weighted by Crippen LogP contribution is -2.58. The van der Waals surface area contributed by atoms with E-state index in [-0.39, 0.29) is 29.4 Å². The van der Waals surface area contributed by atoms with Gasteiger partial charge in [-0.15, -0.1) is 0 Å². The van der Waals surface area contributed by atoms with Crippen molar-refractivity contribution >= 4 is 11.9 Å². The van der Waals surface area contributed by atoms with Crippen molar-refractivity contribution in [2.75, 3.05) is 26.3 Å². The van der Waals surface area contributed by atoms with Crippen molar-refractivity contribution in [3.05, 3.63) is 0 Å². The van der Waals surface area contributed by atoms with E-state index < -0.39 is 5.97 Å². The third-order valence-corrected chi connectivity index (χ3v) is 5.16. The lowest BCUT2D eigenvalue weighted by molar-refractivity contribution is -0.170. The van der Waals surface area contributed by atoms with E-state index in [0.717, 1.165) is 19.3 Å². The van der Waals surface area contributed by atoms with Gasteiger partial charge in [0.05, 0.1) is 25.2 Å². The van der Waals surface area contributed by atoms with Crippen molar-refractivity contribution in [2.24, 2.45) is 11.8 Å². The van der Waals surface area contributed by atoms with Crippen LogP contribution in [0.2, 0.25) is 0 Å². The third kappa shape index (κ3) is 3.13. The first-order chi connectivity index (χ1) is 10.5. The number of hydrogen-bond acceptors (Lipinski definition) is 4. The Morgan fingerprint density at radius 2 is 2.05 bits per heavy atom. The average molecular weight is 311 g/mol. The van der Waals surface area contributed by atoms with Gasteiger partial charge in [-0.2, -0.15) is 0 Å². The predicted molar refractivity (Wildman–Crippen MR) is 78.4 cm³/mol. The highest BCUT2D eigenvalue weighted by atomic mass is 16.6. The van der Waals surface area contributed by atoms with Gasteiger partial charge in [0.2, 0.25) is 5.91 Å². The van der Waals surface area contributed by atoms with Crippen LogP contribution in [0.3, 0.4) is 0 Å². The molecule has 1 amide bonds. The molecule has 1 N–H and O–H groups in total. The van der Waals surface area contributed by atoms with Crippen molar-refractivity contribution in [1.82, 2.24) is 4.90 Å². The minimum atomic E-state index is -0.770. The van der Waals surface area contributed by atoms with E-state index in [9.17, 15) is 14.7 Å². The van der Waals surface area contributed by atoms with Gasteiger partial charge in [-0.05, 0) is 26.2 Å². The molecule has 1 aliphatic carbocycles. The Labute approximate surface area is 130 Å². The molecular formula is C16H25NO5. The molecule has 0 aromatic rings. The highest BCUT2D eigenvalue weighted by Gasteiger charge is 2.45. The second kappa shape index (κ2) is 6.16. The minimum Gasteiger partial charge on any atom is -0.481 e. The molecule has 2 saturated heterocycles. The molecule has 4 atom stereocenters. The van der Waals surface area contributed by atoms with Gasteiger partial charge < -0.3 is 19.5 Å². The minimum absolute atomic E-state index is 0.00161. The maximum atomic E-state index is 12.8. The Morgan fingerprint density at radius 1 is 1.27 bits per heavy atom. The summed E-state index contributed by atoms with van der Waals surface area (Å²) in [6.45, 7) is 4.38. The molecule has 2 aliphatic heterocycles. The van der Waals surface area contributed by atoms with E-state index in [1.165, 1.54) is 0 Å². The van der Waals surface area contributed by atoms with E-state index in [2.05, 4.69) is 0 Å². The van der Waals surface area contributed by atoms with Gasteiger partial charge in [-0.25, -0.2) is 0 Å². The lowest BCUT2D eigenvalue weighted by Gasteiger charge is -2.44. The van der Waals surface area contributed by atoms with E-state index >= 15 is 0 Å². The Morgan fingerprint density at radius 3 is 2.73 bits per heavy atom. The van der Waals surface area contributed by atoms with Gasteiger partial charge in [0.1, 0.15) is 5.60 Å². The van der Waals surface area contributed by atoms with Gasteiger partial charge in [-0.1, -0.05) is 6.42 Å². The average Bonchev–Trinajstić information content (AvgIpc) is 2.93. The second-order valence-electron chi connectivity index (χ2n) is 7.03. The predicted octanol–water partition coefficient (Wildman–Crippen LogP) is 1.28. The summed E-state index contributed by atoms with van der Waals surface area (Å²) in [5, 5.41) is 9.20. The number of rotatable bonds is 2. The molecule has 124 valence electrons. The zero-order chi connectivity index (χ0) is 15.7.